The van der Waals surface area contributed by atoms with E-state index >= 15 is 0 Å². The van der Waals surface area contributed by atoms with Gasteiger partial charge in [-0.05, 0) is 38.5 Å². The highest BCUT2D eigenvalue weighted by molar-refractivity contribution is 7.88. The van der Waals surface area contributed by atoms with E-state index in [4.69, 9.17) is 0 Å². The second kappa shape index (κ2) is 6.25. The van der Waals surface area contributed by atoms with Crippen LogP contribution in [-0.2, 0) is 27.7 Å². The topological polar surface area (TPSA) is 79.4 Å². The Morgan fingerprint density at radius 3 is 2.82 bits per heavy atom. The third kappa shape index (κ3) is 3.49. The minimum Gasteiger partial charge on any atom is -0.302 e. The van der Waals surface area contributed by atoms with Crippen molar-refractivity contribution in [3.05, 3.63) is 10.6 Å². The van der Waals surface area contributed by atoms with Gasteiger partial charge in [-0.15, -0.1) is 11.3 Å². The molecular formula is C14H21N3O3S2. The number of nitrogens with one attached hydrogen (secondary N) is 1. The fourth-order valence-electron chi connectivity index (χ4n) is 3.07. The van der Waals surface area contributed by atoms with Gasteiger partial charge in [0.15, 0.2) is 5.13 Å². The van der Waals surface area contributed by atoms with Crippen LogP contribution in [-0.4, -0.2) is 43.0 Å². The number of carbonyl (C=O) groups is 1. The molecule has 0 aromatic carbocycles. The number of anilines is 1. The number of fused-ring (bicyclic) bond motifs is 1. The molecule has 1 saturated heterocycles. The van der Waals surface area contributed by atoms with E-state index in [1.54, 1.807) is 11.3 Å². The third-order valence-corrected chi connectivity index (χ3v) is 6.64. The third-order valence-electron chi connectivity index (χ3n) is 4.30. The van der Waals surface area contributed by atoms with E-state index in [2.05, 4.69) is 10.3 Å². The average Bonchev–Trinajstić information content (AvgIpc) is 2.88. The summed E-state index contributed by atoms with van der Waals surface area (Å²) in [4.78, 5) is 18.2. The molecule has 6 nitrogen and oxygen atoms in total. The molecule has 0 spiro atoms. The van der Waals surface area contributed by atoms with Crippen LogP contribution >= 0.6 is 11.3 Å². The van der Waals surface area contributed by atoms with Crippen LogP contribution in [0.4, 0.5) is 5.13 Å². The van der Waals surface area contributed by atoms with Gasteiger partial charge < -0.3 is 5.32 Å². The Kier molecular flexibility index (Phi) is 4.52. The van der Waals surface area contributed by atoms with E-state index in [0.29, 0.717) is 11.7 Å². The Hall–Kier alpha value is -0.990. The first kappa shape index (κ1) is 15.9. The minimum atomic E-state index is -3.23. The maximum Gasteiger partial charge on any atom is 0.230 e. The highest BCUT2D eigenvalue weighted by atomic mass is 32.2. The number of thiazole rings is 1. The van der Waals surface area contributed by atoms with Crippen LogP contribution in [0.5, 0.6) is 0 Å². The monoisotopic (exact) mass is 343 g/mol. The van der Waals surface area contributed by atoms with E-state index in [-0.39, 0.29) is 18.4 Å². The van der Waals surface area contributed by atoms with Gasteiger partial charge in [0.1, 0.15) is 0 Å². The Morgan fingerprint density at radius 2 is 2.09 bits per heavy atom. The summed E-state index contributed by atoms with van der Waals surface area (Å²) < 4.78 is 24.7. The Bertz CT molecular complexity index is 645. The normalized spacial score (nSPS) is 23.0. The SMILES string of the molecule is CS(=O)(=O)N1CCCC(C(=O)Nc2nc3c(s2)CCCC3)C1. The molecule has 2 aliphatic rings. The van der Waals surface area contributed by atoms with Gasteiger partial charge in [-0.2, -0.15) is 0 Å². The summed E-state index contributed by atoms with van der Waals surface area (Å²) in [5, 5.41) is 3.55. The second-order valence-corrected chi connectivity index (χ2v) is 9.11. The minimum absolute atomic E-state index is 0.112. The lowest BCUT2D eigenvalue weighted by atomic mass is 9.99. The number of amides is 1. The van der Waals surface area contributed by atoms with Crippen LogP contribution in [0.15, 0.2) is 0 Å². The molecule has 122 valence electrons. The molecule has 1 aliphatic heterocycles. The molecule has 1 aromatic heterocycles. The van der Waals surface area contributed by atoms with Gasteiger partial charge in [-0.3, -0.25) is 4.79 Å². The number of carbonyl (C=O) groups excluding carboxylic acids is 1. The number of aryl methyl sites for hydroxylation is 2. The molecule has 1 aliphatic carbocycles. The van der Waals surface area contributed by atoms with E-state index in [0.717, 1.165) is 37.8 Å². The molecule has 1 amide bonds. The van der Waals surface area contributed by atoms with Crippen molar-refractivity contribution in [1.29, 1.82) is 0 Å². The first-order valence-corrected chi connectivity index (χ1v) is 10.3. The lowest BCUT2D eigenvalue weighted by Crippen LogP contribution is -2.43. The zero-order valence-corrected chi connectivity index (χ0v) is 14.3. The molecule has 22 heavy (non-hydrogen) atoms. The Morgan fingerprint density at radius 1 is 1.32 bits per heavy atom. The van der Waals surface area contributed by atoms with Crippen LogP contribution < -0.4 is 5.32 Å². The van der Waals surface area contributed by atoms with Gasteiger partial charge in [0.2, 0.25) is 15.9 Å². The van der Waals surface area contributed by atoms with Crippen molar-refractivity contribution in [1.82, 2.24) is 9.29 Å². The van der Waals surface area contributed by atoms with E-state index in [9.17, 15) is 13.2 Å². The molecule has 1 fully saturated rings. The number of nitrogens with zero attached hydrogens (tertiary/aromatic N) is 2. The van der Waals surface area contributed by atoms with Crippen LogP contribution in [0.1, 0.15) is 36.3 Å². The Balaban J connectivity index is 1.65. The van der Waals surface area contributed by atoms with Crippen LogP contribution in [0.2, 0.25) is 0 Å². The first-order valence-electron chi connectivity index (χ1n) is 7.68. The maximum absolute atomic E-state index is 12.4. The maximum atomic E-state index is 12.4. The molecule has 1 atom stereocenters. The molecule has 0 bridgehead atoms. The number of hydrogen-bond acceptors (Lipinski definition) is 5. The highest BCUT2D eigenvalue weighted by Gasteiger charge is 2.30. The summed E-state index contributed by atoms with van der Waals surface area (Å²) in [5.74, 6) is -0.399. The predicted octanol–water partition coefficient (Wildman–Crippen LogP) is 1.63. The smallest absolute Gasteiger partial charge is 0.230 e. The van der Waals surface area contributed by atoms with Gasteiger partial charge in [0, 0.05) is 18.0 Å². The van der Waals surface area contributed by atoms with E-state index < -0.39 is 10.0 Å². The molecule has 3 rings (SSSR count). The predicted molar refractivity (Wildman–Crippen MR) is 86.5 cm³/mol. The summed E-state index contributed by atoms with van der Waals surface area (Å²) in [6, 6.07) is 0. The van der Waals surface area contributed by atoms with Crippen molar-refractivity contribution >= 4 is 32.4 Å². The summed E-state index contributed by atoms with van der Waals surface area (Å²) in [6.45, 7) is 0.782. The zero-order valence-electron chi connectivity index (χ0n) is 12.7. The van der Waals surface area contributed by atoms with Crippen molar-refractivity contribution < 1.29 is 13.2 Å². The van der Waals surface area contributed by atoms with Crippen molar-refractivity contribution in [3.8, 4) is 0 Å². The summed E-state index contributed by atoms with van der Waals surface area (Å²) >= 11 is 1.56. The van der Waals surface area contributed by atoms with Gasteiger partial charge in [0.05, 0.1) is 17.9 Å². The standard InChI is InChI=1S/C14H21N3O3S2/c1-22(19,20)17-8-4-5-10(9-17)13(18)16-14-15-11-6-2-3-7-12(11)21-14/h10H,2-9H2,1H3,(H,15,16,18). The quantitative estimate of drug-likeness (QED) is 0.905. The fourth-order valence-corrected chi connectivity index (χ4v) is 5.03. The van der Waals surface area contributed by atoms with Crippen molar-refractivity contribution in [3.63, 3.8) is 0 Å². The average molecular weight is 343 g/mol. The van der Waals surface area contributed by atoms with E-state index in [1.165, 1.54) is 21.9 Å². The molecule has 1 unspecified atom stereocenters. The Labute approximate surface area is 135 Å². The van der Waals surface area contributed by atoms with Crippen LogP contribution in [0, 0.1) is 5.92 Å². The molecule has 2 heterocycles. The molecule has 1 aromatic rings. The number of sulfonamides is 1. The fraction of sp³-hybridized carbons (Fsp3) is 0.714. The molecule has 0 radical (unpaired) electrons. The second-order valence-electron chi connectivity index (χ2n) is 6.05. The van der Waals surface area contributed by atoms with Gasteiger partial charge >= 0.3 is 0 Å². The van der Waals surface area contributed by atoms with Gasteiger partial charge in [-0.25, -0.2) is 17.7 Å². The first-order chi connectivity index (χ1) is 10.4. The van der Waals surface area contributed by atoms with Crippen molar-refractivity contribution in [2.24, 2.45) is 5.92 Å². The van der Waals surface area contributed by atoms with Crippen LogP contribution in [0.25, 0.3) is 0 Å². The highest BCUT2D eigenvalue weighted by Crippen LogP contribution is 2.30. The largest absolute Gasteiger partial charge is 0.302 e. The molecule has 0 saturated carbocycles. The van der Waals surface area contributed by atoms with Gasteiger partial charge in [0.25, 0.3) is 0 Å². The van der Waals surface area contributed by atoms with Gasteiger partial charge in [-0.1, -0.05) is 0 Å². The lowest BCUT2D eigenvalue weighted by Gasteiger charge is -2.29. The number of rotatable bonds is 3. The number of hydrogen-bond donors (Lipinski definition) is 1. The van der Waals surface area contributed by atoms with Crippen molar-refractivity contribution in [2.75, 3.05) is 24.7 Å². The lowest BCUT2D eigenvalue weighted by molar-refractivity contribution is -0.120. The zero-order chi connectivity index (χ0) is 15.7. The van der Waals surface area contributed by atoms with E-state index in [1.807, 2.05) is 0 Å². The summed E-state index contributed by atoms with van der Waals surface area (Å²) in [6.07, 6.45) is 7.04. The molecular weight excluding hydrogens is 322 g/mol. The summed E-state index contributed by atoms with van der Waals surface area (Å²) in [7, 11) is -3.23. The molecule has 8 heteroatoms. The van der Waals surface area contributed by atoms with Crippen molar-refractivity contribution in [2.45, 2.75) is 38.5 Å². The molecule has 1 N–H and O–H groups in total. The number of piperidine rings is 1. The van der Waals surface area contributed by atoms with Crippen LogP contribution in [0.3, 0.4) is 0 Å². The number of aromatic nitrogens is 1. The summed E-state index contributed by atoms with van der Waals surface area (Å²) in [5.41, 5.74) is 1.12.